The molecule has 2 rings (SSSR count). The second kappa shape index (κ2) is 8.15. The fraction of sp³-hybridized carbons (Fsp3) is 0.538. The van der Waals surface area contributed by atoms with E-state index in [1.54, 1.807) is 0 Å². The molecule has 2 N–H and O–H groups in total. The summed E-state index contributed by atoms with van der Waals surface area (Å²) in [6, 6.07) is 0. The molecule has 0 saturated heterocycles. The highest BCUT2D eigenvalue weighted by Crippen LogP contribution is 2.17. The van der Waals surface area contributed by atoms with Crippen LogP contribution in [0.5, 0.6) is 0 Å². The number of likely N-dealkylation sites (N-methyl/N-ethyl adjacent to an activating group) is 1. The predicted octanol–water partition coefficient (Wildman–Crippen LogP) is 0.897. The lowest BCUT2D eigenvalue weighted by Crippen LogP contribution is -2.25. The Morgan fingerprint density at radius 2 is 2.05 bits per heavy atom. The molecule has 1 aromatic rings. The Kier molecular flexibility index (Phi) is 6.54. The average Bonchev–Trinajstić information content (AvgIpc) is 2.88. The van der Waals surface area contributed by atoms with Crippen molar-refractivity contribution in [1.82, 2.24) is 15.0 Å². The molecule has 21 heavy (non-hydrogen) atoms. The van der Waals surface area contributed by atoms with Gasteiger partial charge in [0.2, 0.25) is 5.89 Å². The molecule has 8 nitrogen and oxygen atoms in total. The molecule has 0 saturated carbocycles. The second-order valence-electron chi connectivity index (χ2n) is 4.63. The van der Waals surface area contributed by atoms with E-state index in [0.717, 1.165) is 44.1 Å². The van der Waals surface area contributed by atoms with Crippen LogP contribution in [0.4, 0.5) is 0 Å². The van der Waals surface area contributed by atoms with Crippen LogP contribution in [0.1, 0.15) is 31.5 Å². The van der Waals surface area contributed by atoms with E-state index in [2.05, 4.69) is 35.1 Å². The fourth-order valence-electron chi connectivity index (χ4n) is 1.76. The monoisotopic (exact) mass is 297 g/mol. The maximum atomic E-state index is 9.10. The third kappa shape index (κ3) is 5.74. The largest absolute Gasteiger partial charge is 0.473 e. The van der Waals surface area contributed by atoms with Gasteiger partial charge in [-0.1, -0.05) is 18.2 Å². The van der Waals surface area contributed by atoms with Gasteiger partial charge in [0.1, 0.15) is 0 Å². The minimum Gasteiger partial charge on any atom is -0.473 e. The first kappa shape index (κ1) is 16.8. The Balaban J connectivity index is 0.000000315. The zero-order valence-corrected chi connectivity index (χ0v) is 12.1. The van der Waals surface area contributed by atoms with Crippen LogP contribution >= 0.6 is 0 Å². The van der Waals surface area contributed by atoms with Gasteiger partial charge in [-0.05, 0) is 19.9 Å². The number of hydrogen-bond donors (Lipinski definition) is 2. The first-order valence-corrected chi connectivity index (χ1v) is 6.60. The van der Waals surface area contributed by atoms with Crippen LogP contribution in [-0.4, -0.2) is 57.3 Å². The van der Waals surface area contributed by atoms with Gasteiger partial charge in [-0.3, -0.25) is 0 Å². The van der Waals surface area contributed by atoms with Crippen LogP contribution in [0.25, 0.3) is 5.57 Å². The number of aliphatic carboxylic acids is 2. The Hall–Kier alpha value is -2.22. The first-order chi connectivity index (χ1) is 9.93. The van der Waals surface area contributed by atoms with Crippen molar-refractivity contribution in [3.8, 4) is 0 Å². The SMILES string of the molecule is CCCc1nc(C2=CCCN(C)C2)no1.O=C(O)C(=O)O. The normalized spacial score (nSPS) is 14.9. The van der Waals surface area contributed by atoms with E-state index in [1.165, 1.54) is 5.57 Å². The molecule has 0 amide bonds. The van der Waals surface area contributed by atoms with E-state index in [1.807, 2.05) is 0 Å². The summed E-state index contributed by atoms with van der Waals surface area (Å²) in [4.78, 5) is 24.9. The molecule has 1 aliphatic heterocycles. The van der Waals surface area contributed by atoms with Gasteiger partial charge in [0.25, 0.3) is 0 Å². The van der Waals surface area contributed by atoms with Crippen LogP contribution < -0.4 is 0 Å². The highest BCUT2D eigenvalue weighted by molar-refractivity contribution is 6.27. The molecule has 0 unspecified atom stereocenters. The first-order valence-electron chi connectivity index (χ1n) is 6.60. The van der Waals surface area contributed by atoms with Crippen molar-refractivity contribution >= 4 is 17.5 Å². The van der Waals surface area contributed by atoms with Crippen molar-refractivity contribution in [2.75, 3.05) is 20.1 Å². The lowest BCUT2D eigenvalue weighted by Gasteiger charge is -2.20. The van der Waals surface area contributed by atoms with Crippen molar-refractivity contribution in [3.05, 3.63) is 17.8 Å². The van der Waals surface area contributed by atoms with Gasteiger partial charge < -0.3 is 19.6 Å². The predicted molar refractivity (Wildman–Crippen MR) is 73.7 cm³/mol. The van der Waals surface area contributed by atoms with Crippen molar-refractivity contribution in [1.29, 1.82) is 0 Å². The Labute approximate surface area is 122 Å². The highest BCUT2D eigenvalue weighted by atomic mass is 16.5. The van der Waals surface area contributed by atoms with Gasteiger partial charge in [-0.15, -0.1) is 0 Å². The minimum absolute atomic E-state index is 0.752. The summed E-state index contributed by atoms with van der Waals surface area (Å²) in [6.07, 6.45) is 5.20. The van der Waals surface area contributed by atoms with Gasteiger partial charge >= 0.3 is 11.9 Å². The molecular weight excluding hydrogens is 278 g/mol. The summed E-state index contributed by atoms with van der Waals surface area (Å²) >= 11 is 0. The van der Waals surface area contributed by atoms with Crippen molar-refractivity contribution in [3.63, 3.8) is 0 Å². The van der Waals surface area contributed by atoms with E-state index >= 15 is 0 Å². The molecule has 0 aliphatic carbocycles. The number of aryl methyl sites for hydroxylation is 1. The van der Waals surface area contributed by atoms with Crippen LogP contribution in [0, 0.1) is 0 Å². The van der Waals surface area contributed by atoms with Gasteiger partial charge in [-0.25, -0.2) is 9.59 Å². The lowest BCUT2D eigenvalue weighted by atomic mass is 10.1. The third-order valence-electron chi connectivity index (χ3n) is 2.74. The molecule has 2 heterocycles. The molecule has 0 aromatic carbocycles. The molecule has 0 spiro atoms. The van der Waals surface area contributed by atoms with Crippen LogP contribution in [0.15, 0.2) is 10.6 Å². The number of hydrogen-bond acceptors (Lipinski definition) is 6. The third-order valence-corrected chi connectivity index (χ3v) is 2.74. The van der Waals surface area contributed by atoms with E-state index in [0.29, 0.717) is 0 Å². The standard InChI is InChI=1S/C11H17N3O.C2H2O4/c1-3-5-10-12-11(13-15-10)9-6-4-7-14(2)8-9;3-1(4)2(5)6/h6H,3-5,7-8H2,1-2H3;(H,3,4)(H,5,6). The zero-order valence-electron chi connectivity index (χ0n) is 12.1. The molecule has 0 radical (unpaired) electrons. The van der Waals surface area contributed by atoms with Crippen LogP contribution in [0.3, 0.4) is 0 Å². The average molecular weight is 297 g/mol. The molecule has 1 aliphatic rings. The van der Waals surface area contributed by atoms with Gasteiger partial charge in [0, 0.05) is 25.1 Å². The molecule has 8 heteroatoms. The molecule has 0 bridgehead atoms. The number of rotatable bonds is 3. The van der Waals surface area contributed by atoms with E-state index in [4.69, 9.17) is 24.3 Å². The number of carboxylic acid groups (broad SMARTS) is 2. The quantitative estimate of drug-likeness (QED) is 0.790. The van der Waals surface area contributed by atoms with Crippen molar-refractivity contribution < 1.29 is 24.3 Å². The van der Waals surface area contributed by atoms with E-state index in [-0.39, 0.29) is 0 Å². The van der Waals surface area contributed by atoms with Crippen molar-refractivity contribution in [2.24, 2.45) is 0 Å². The molecule has 0 fully saturated rings. The number of nitrogens with zero attached hydrogens (tertiary/aromatic N) is 3. The summed E-state index contributed by atoms with van der Waals surface area (Å²) in [5.74, 6) is -2.13. The van der Waals surface area contributed by atoms with Crippen molar-refractivity contribution in [2.45, 2.75) is 26.2 Å². The Morgan fingerprint density at radius 1 is 1.38 bits per heavy atom. The smallest absolute Gasteiger partial charge is 0.414 e. The Bertz CT molecular complexity index is 512. The number of aromatic nitrogens is 2. The number of carboxylic acids is 2. The maximum Gasteiger partial charge on any atom is 0.414 e. The van der Waals surface area contributed by atoms with Crippen LogP contribution in [0.2, 0.25) is 0 Å². The topological polar surface area (TPSA) is 117 Å². The fourth-order valence-corrected chi connectivity index (χ4v) is 1.76. The van der Waals surface area contributed by atoms with Gasteiger partial charge in [0.15, 0.2) is 5.82 Å². The Morgan fingerprint density at radius 3 is 2.57 bits per heavy atom. The zero-order chi connectivity index (χ0) is 15.8. The van der Waals surface area contributed by atoms with Gasteiger partial charge in [-0.2, -0.15) is 4.98 Å². The number of carbonyl (C=O) groups is 2. The highest BCUT2D eigenvalue weighted by Gasteiger charge is 2.15. The minimum atomic E-state index is -1.82. The summed E-state index contributed by atoms with van der Waals surface area (Å²) < 4.78 is 5.17. The lowest BCUT2D eigenvalue weighted by molar-refractivity contribution is -0.159. The van der Waals surface area contributed by atoms with Gasteiger partial charge in [0.05, 0.1) is 0 Å². The molecule has 116 valence electrons. The molecule has 1 aromatic heterocycles. The summed E-state index contributed by atoms with van der Waals surface area (Å²) in [5, 5.41) is 18.8. The second-order valence-corrected chi connectivity index (χ2v) is 4.63. The summed E-state index contributed by atoms with van der Waals surface area (Å²) in [5.41, 5.74) is 1.19. The molecular formula is C13H19N3O5. The van der Waals surface area contributed by atoms with E-state index in [9.17, 15) is 0 Å². The maximum absolute atomic E-state index is 9.10. The van der Waals surface area contributed by atoms with Crippen LogP contribution in [-0.2, 0) is 16.0 Å². The summed E-state index contributed by atoms with van der Waals surface area (Å²) in [6.45, 7) is 4.14. The summed E-state index contributed by atoms with van der Waals surface area (Å²) in [7, 11) is 2.11. The van der Waals surface area contributed by atoms with E-state index < -0.39 is 11.9 Å². The molecule has 0 atom stereocenters.